The first-order chi connectivity index (χ1) is 18.0. The fraction of sp³-hybridized carbons (Fsp3) is 0.621. The number of nitro benzene ring substituents is 1. The highest BCUT2D eigenvalue weighted by Crippen LogP contribution is 2.31. The lowest BCUT2D eigenvalue weighted by Gasteiger charge is -2.33. The lowest BCUT2D eigenvalue weighted by atomic mass is 10.1. The van der Waals surface area contributed by atoms with Crippen molar-refractivity contribution in [2.45, 2.75) is 115 Å². The van der Waals surface area contributed by atoms with Crippen LogP contribution in [0.3, 0.4) is 0 Å². The summed E-state index contributed by atoms with van der Waals surface area (Å²) >= 11 is 0. The number of ether oxygens (including phenoxy) is 1. The van der Waals surface area contributed by atoms with Crippen LogP contribution in [0.1, 0.15) is 105 Å². The molecule has 0 aliphatic carbocycles. The second-order valence-electron chi connectivity index (χ2n) is 10.4. The molecule has 214 valence electrons. The van der Waals surface area contributed by atoms with Crippen LogP contribution in [0.5, 0.6) is 0 Å². The summed E-state index contributed by atoms with van der Waals surface area (Å²) in [6, 6.07) is 4.99. The van der Waals surface area contributed by atoms with Crippen LogP contribution in [0.15, 0.2) is 53.5 Å². The molecule has 0 N–H and O–H groups in total. The van der Waals surface area contributed by atoms with E-state index in [1.54, 1.807) is 20.8 Å². The van der Waals surface area contributed by atoms with Crippen molar-refractivity contribution in [3.63, 3.8) is 0 Å². The molecule has 0 aliphatic rings. The largest absolute Gasteiger partial charge is 0.449 e. The minimum absolute atomic E-state index is 0.0898. The highest BCUT2D eigenvalue weighted by atomic mass is 32.2. The third kappa shape index (κ3) is 12.2. The van der Waals surface area contributed by atoms with Crippen LogP contribution in [-0.4, -0.2) is 35.9 Å². The third-order valence-electron chi connectivity index (χ3n) is 5.93. The molecular formula is C29H46N2O6S. The molecule has 0 heterocycles. The molecule has 8 nitrogen and oxygen atoms in total. The van der Waals surface area contributed by atoms with E-state index in [-0.39, 0.29) is 6.61 Å². The Morgan fingerprint density at radius 3 is 2.05 bits per heavy atom. The molecule has 0 aromatic heterocycles. The molecule has 0 atom stereocenters. The topological polar surface area (TPSA) is 107 Å². The second-order valence-corrected chi connectivity index (χ2v) is 12.1. The number of benzene rings is 1. The Hall–Kier alpha value is -2.68. The van der Waals surface area contributed by atoms with Gasteiger partial charge in [0.25, 0.3) is 15.7 Å². The summed E-state index contributed by atoms with van der Waals surface area (Å²) in [7, 11) is -4.50. The van der Waals surface area contributed by atoms with Crippen LogP contribution in [0, 0.1) is 10.1 Å². The highest BCUT2D eigenvalue weighted by molar-refractivity contribution is 7.89. The molecule has 0 unspecified atom stereocenters. The number of allylic oxidation sites excluding steroid dienone is 4. The van der Waals surface area contributed by atoms with E-state index in [4.69, 9.17) is 4.74 Å². The van der Waals surface area contributed by atoms with Crippen LogP contribution in [0.25, 0.3) is 0 Å². The highest BCUT2D eigenvalue weighted by Gasteiger charge is 2.42. The molecule has 0 bridgehead atoms. The van der Waals surface area contributed by atoms with Crippen LogP contribution >= 0.6 is 0 Å². The molecule has 1 rings (SSSR count). The SMILES string of the molecule is CCCCC/C=C\C/C=C\CCCCCCCCOC(=O)N(C(C)(C)C)S(=O)(=O)c1ccccc1[N+](=O)[O-]. The number of unbranched alkanes of at least 4 members (excludes halogenated alkanes) is 9. The maximum Gasteiger partial charge on any atom is 0.424 e. The monoisotopic (exact) mass is 550 g/mol. The van der Waals surface area contributed by atoms with Crippen molar-refractivity contribution in [3.8, 4) is 0 Å². The molecular weight excluding hydrogens is 504 g/mol. The predicted octanol–water partition coefficient (Wildman–Crippen LogP) is 8.33. The summed E-state index contributed by atoms with van der Waals surface area (Å²) in [6.07, 6.45) is 20.9. The number of para-hydroxylation sites is 1. The van der Waals surface area contributed by atoms with Gasteiger partial charge in [0, 0.05) is 6.07 Å². The van der Waals surface area contributed by atoms with E-state index in [1.807, 2.05) is 0 Å². The molecule has 0 fully saturated rings. The first-order valence-corrected chi connectivity index (χ1v) is 15.2. The number of rotatable bonds is 18. The fourth-order valence-electron chi connectivity index (χ4n) is 3.97. The van der Waals surface area contributed by atoms with E-state index < -0.39 is 37.2 Å². The number of carbonyl (C=O) groups is 1. The van der Waals surface area contributed by atoms with Gasteiger partial charge in [-0.25, -0.2) is 13.2 Å². The third-order valence-corrected chi connectivity index (χ3v) is 8.00. The maximum atomic E-state index is 13.2. The van der Waals surface area contributed by atoms with Gasteiger partial charge in [-0.2, -0.15) is 4.31 Å². The van der Waals surface area contributed by atoms with Gasteiger partial charge in [-0.05, 0) is 65.4 Å². The second kappa shape index (κ2) is 17.8. The van der Waals surface area contributed by atoms with E-state index in [0.29, 0.717) is 10.7 Å². The van der Waals surface area contributed by atoms with Gasteiger partial charge in [-0.1, -0.05) is 81.9 Å². The molecule has 0 aliphatic heterocycles. The first-order valence-electron chi connectivity index (χ1n) is 13.8. The first kappa shape index (κ1) is 33.3. The van der Waals surface area contributed by atoms with E-state index >= 15 is 0 Å². The fourth-order valence-corrected chi connectivity index (χ4v) is 5.79. The van der Waals surface area contributed by atoms with E-state index in [2.05, 4.69) is 31.2 Å². The number of nitrogens with zero attached hydrogens (tertiary/aromatic N) is 2. The van der Waals surface area contributed by atoms with Gasteiger partial charge in [0.15, 0.2) is 4.90 Å². The number of nitro groups is 1. The molecule has 0 radical (unpaired) electrons. The number of amides is 1. The average Bonchev–Trinajstić information content (AvgIpc) is 2.84. The van der Waals surface area contributed by atoms with Crippen LogP contribution in [0.4, 0.5) is 10.5 Å². The molecule has 0 spiro atoms. The van der Waals surface area contributed by atoms with Crippen LogP contribution in [0.2, 0.25) is 0 Å². The minimum atomic E-state index is -4.50. The Balaban J connectivity index is 2.37. The predicted molar refractivity (Wildman–Crippen MR) is 153 cm³/mol. The summed E-state index contributed by atoms with van der Waals surface area (Å²) < 4.78 is 32.4. The number of carbonyl (C=O) groups excluding carboxylic acids is 1. The van der Waals surface area contributed by atoms with Crippen molar-refractivity contribution < 1.29 is 22.9 Å². The summed E-state index contributed by atoms with van der Waals surface area (Å²) in [4.78, 5) is 22.8. The summed E-state index contributed by atoms with van der Waals surface area (Å²) in [6.45, 7) is 6.93. The molecule has 1 amide bonds. The zero-order valence-electron chi connectivity index (χ0n) is 23.6. The smallest absolute Gasteiger partial charge is 0.424 e. The maximum absolute atomic E-state index is 13.2. The quantitative estimate of drug-likeness (QED) is 0.0787. The zero-order chi connectivity index (χ0) is 28.4. The van der Waals surface area contributed by atoms with Crippen LogP contribution in [-0.2, 0) is 14.8 Å². The van der Waals surface area contributed by atoms with Crippen molar-refractivity contribution in [2.75, 3.05) is 6.61 Å². The average molecular weight is 551 g/mol. The van der Waals surface area contributed by atoms with Crippen molar-refractivity contribution in [1.82, 2.24) is 4.31 Å². The van der Waals surface area contributed by atoms with Gasteiger partial charge in [0.2, 0.25) is 0 Å². The van der Waals surface area contributed by atoms with Gasteiger partial charge in [-0.3, -0.25) is 10.1 Å². The Morgan fingerprint density at radius 1 is 0.921 bits per heavy atom. The Labute approximate surface area is 229 Å². The van der Waals surface area contributed by atoms with E-state index in [1.165, 1.54) is 37.8 Å². The minimum Gasteiger partial charge on any atom is -0.449 e. The molecule has 0 saturated carbocycles. The van der Waals surface area contributed by atoms with Gasteiger partial charge in [0.1, 0.15) is 0 Å². The van der Waals surface area contributed by atoms with Crippen molar-refractivity contribution in [1.29, 1.82) is 0 Å². The number of hydrogen-bond donors (Lipinski definition) is 0. The Kier molecular flexibility index (Phi) is 15.6. The van der Waals surface area contributed by atoms with Crippen LogP contribution < -0.4 is 0 Å². The van der Waals surface area contributed by atoms with Gasteiger partial charge in [0.05, 0.1) is 17.1 Å². The summed E-state index contributed by atoms with van der Waals surface area (Å²) in [5.74, 6) is 0. The van der Waals surface area contributed by atoms with E-state index in [0.717, 1.165) is 57.1 Å². The summed E-state index contributed by atoms with van der Waals surface area (Å²) in [5.41, 5.74) is -1.75. The number of sulfonamides is 1. The number of hydrogen-bond acceptors (Lipinski definition) is 6. The molecule has 38 heavy (non-hydrogen) atoms. The van der Waals surface area contributed by atoms with E-state index in [9.17, 15) is 23.3 Å². The zero-order valence-corrected chi connectivity index (χ0v) is 24.4. The molecule has 1 aromatic carbocycles. The van der Waals surface area contributed by atoms with Gasteiger partial charge in [-0.15, -0.1) is 0 Å². The molecule has 0 saturated heterocycles. The lowest BCUT2D eigenvalue weighted by molar-refractivity contribution is -0.387. The normalized spacial score (nSPS) is 12.3. The Bertz CT molecular complexity index is 1010. The Morgan fingerprint density at radius 2 is 1.47 bits per heavy atom. The van der Waals surface area contributed by atoms with Gasteiger partial charge >= 0.3 is 6.09 Å². The van der Waals surface area contributed by atoms with Gasteiger partial charge < -0.3 is 4.74 Å². The molecule has 9 heteroatoms. The van der Waals surface area contributed by atoms with Crippen molar-refractivity contribution in [2.24, 2.45) is 0 Å². The standard InChI is InChI=1S/C29H46N2O6S/c1-5-6-7-8-9-10-11-12-13-14-15-16-17-18-19-22-25-37-28(32)30(29(2,3)4)38(35,36)27-24-21-20-23-26(27)31(33)34/h9-10,12-13,20-21,23-24H,5-8,11,14-19,22,25H2,1-4H3/b10-9-,13-12-. The summed E-state index contributed by atoms with van der Waals surface area (Å²) in [5, 5.41) is 11.4. The van der Waals surface area contributed by atoms with Crippen molar-refractivity contribution >= 4 is 21.8 Å². The lowest BCUT2D eigenvalue weighted by Crippen LogP contribution is -2.49. The molecule has 1 aromatic rings. The van der Waals surface area contributed by atoms with Crippen molar-refractivity contribution in [3.05, 3.63) is 58.7 Å².